The Hall–Kier alpha value is -1.31. The van der Waals surface area contributed by atoms with Crippen molar-refractivity contribution < 1.29 is 9.13 Å². The zero-order chi connectivity index (χ0) is 20.9. The lowest BCUT2D eigenvalue weighted by Crippen LogP contribution is -2.35. The van der Waals surface area contributed by atoms with Crippen molar-refractivity contribution in [1.82, 2.24) is 0 Å². The second kappa shape index (κ2) is 10.3. The first-order valence-corrected chi connectivity index (χ1v) is 12.7. The van der Waals surface area contributed by atoms with E-state index in [0.717, 1.165) is 42.1 Å². The summed E-state index contributed by atoms with van der Waals surface area (Å²) >= 11 is 0. The van der Waals surface area contributed by atoms with E-state index in [9.17, 15) is 4.39 Å². The van der Waals surface area contributed by atoms with Crippen LogP contribution in [0.3, 0.4) is 0 Å². The first kappa shape index (κ1) is 21.9. The van der Waals surface area contributed by atoms with Crippen LogP contribution in [0.25, 0.3) is 0 Å². The first-order chi connectivity index (χ1) is 14.7. The highest BCUT2D eigenvalue weighted by Crippen LogP contribution is 2.49. The van der Waals surface area contributed by atoms with Gasteiger partial charge < -0.3 is 4.74 Å². The second-order valence-corrected chi connectivity index (χ2v) is 10.3. The van der Waals surface area contributed by atoms with E-state index in [1.54, 1.807) is 6.07 Å². The average molecular weight is 413 g/mol. The normalized spacial score (nSPS) is 31.4. The SMILES string of the molecule is C/C=C/COc1cc(F)c2c(c1)CCC(C1CCC3CC(CCCC)CCC3C1)C2. The Bertz CT molecular complexity index is 724. The molecule has 4 rings (SSSR count). The number of halogens is 1. The average Bonchev–Trinajstić information content (AvgIpc) is 2.77. The zero-order valence-corrected chi connectivity index (χ0v) is 19.2. The van der Waals surface area contributed by atoms with Crippen molar-refractivity contribution in [3.05, 3.63) is 41.2 Å². The third kappa shape index (κ3) is 5.11. The quantitative estimate of drug-likeness (QED) is 0.413. The van der Waals surface area contributed by atoms with E-state index in [0.29, 0.717) is 18.3 Å². The minimum absolute atomic E-state index is 0.0437. The van der Waals surface area contributed by atoms with Gasteiger partial charge in [0, 0.05) is 6.07 Å². The molecule has 166 valence electrons. The maximum absolute atomic E-state index is 14.9. The van der Waals surface area contributed by atoms with E-state index in [1.807, 2.05) is 19.1 Å². The molecule has 1 nitrogen and oxygen atoms in total. The lowest BCUT2D eigenvalue weighted by molar-refractivity contribution is 0.0688. The second-order valence-electron chi connectivity index (χ2n) is 10.3. The summed E-state index contributed by atoms with van der Waals surface area (Å²) in [5, 5.41) is 0. The third-order valence-electron chi connectivity index (χ3n) is 8.49. The third-order valence-corrected chi connectivity index (χ3v) is 8.49. The molecule has 0 aliphatic heterocycles. The zero-order valence-electron chi connectivity index (χ0n) is 19.2. The van der Waals surface area contributed by atoms with Crippen LogP contribution in [-0.4, -0.2) is 6.61 Å². The number of benzene rings is 1. The fourth-order valence-corrected chi connectivity index (χ4v) is 6.75. The molecule has 0 N–H and O–H groups in total. The van der Waals surface area contributed by atoms with Gasteiger partial charge in [0.1, 0.15) is 18.2 Å². The van der Waals surface area contributed by atoms with E-state index < -0.39 is 0 Å². The van der Waals surface area contributed by atoms with Crippen LogP contribution >= 0.6 is 0 Å². The standard InChI is InChI=1S/C28H41FO/c1-3-5-7-20-8-9-22-16-23(11-10-21(22)15-20)24-12-13-25-17-26(30-14-6-4-2)19-28(29)27(25)18-24/h4,6,17,19-24H,3,5,7-16,18H2,1-2H3/b6-4+. The highest BCUT2D eigenvalue weighted by molar-refractivity contribution is 5.39. The fraction of sp³-hybridized carbons (Fsp3) is 0.714. The largest absolute Gasteiger partial charge is 0.489 e. The number of unbranched alkanes of at least 4 members (excludes halogenated alkanes) is 1. The van der Waals surface area contributed by atoms with Crippen LogP contribution in [-0.2, 0) is 12.8 Å². The van der Waals surface area contributed by atoms with Gasteiger partial charge in [0.15, 0.2) is 0 Å². The van der Waals surface area contributed by atoms with Gasteiger partial charge in [-0.15, -0.1) is 0 Å². The Morgan fingerprint density at radius 2 is 1.77 bits per heavy atom. The number of rotatable bonds is 7. The van der Waals surface area contributed by atoms with E-state index in [-0.39, 0.29) is 5.82 Å². The minimum atomic E-state index is -0.0437. The number of aryl methyl sites for hydroxylation is 1. The maximum atomic E-state index is 14.9. The molecule has 30 heavy (non-hydrogen) atoms. The van der Waals surface area contributed by atoms with Gasteiger partial charge in [-0.25, -0.2) is 4.39 Å². The van der Waals surface area contributed by atoms with Crippen molar-refractivity contribution in [2.45, 2.75) is 90.9 Å². The van der Waals surface area contributed by atoms with E-state index in [1.165, 1.54) is 69.8 Å². The summed E-state index contributed by atoms with van der Waals surface area (Å²) in [6, 6.07) is 3.70. The summed E-state index contributed by atoms with van der Waals surface area (Å²) in [7, 11) is 0. The van der Waals surface area contributed by atoms with Crippen molar-refractivity contribution in [3.63, 3.8) is 0 Å². The van der Waals surface area contributed by atoms with Gasteiger partial charge in [0.05, 0.1) is 0 Å². The molecular weight excluding hydrogens is 371 g/mol. The summed E-state index contributed by atoms with van der Waals surface area (Å²) < 4.78 is 20.6. The molecule has 3 aliphatic carbocycles. The van der Waals surface area contributed by atoms with E-state index >= 15 is 0 Å². The topological polar surface area (TPSA) is 9.23 Å². The molecule has 0 saturated heterocycles. The van der Waals surface area contributed by atoms with Crippen LogP contribution in [0.5, 0.6) is 5.75 Å². The number of hydrogen-bond donors (Lipinski definition) is 0. The molecule has 3 aliphatic rings. The molecule has 2 heteroatoms. The highest BCUT2D eigenvalue weighted by atomic mass is 19.1. The molecule has 5 atom stereocenters. The predicted octanol–water partition coefficient (Wildman–Crippen LogP) is 7.91. The molecule has 2 fully saturated rings. The molecule has 2 saturated carbocycles. The fourth-order valence-electron chi connectivity index (χ4n) is 6.75. The molecule has 0 aromatic heterocycles. The molecule has 5 unspecified atom stereocenters. The molecule has 0 amide bonds. The van der Waals surface area contributed by atoms with Crippen molar-refractivity contribution in [2.24, 2.45) is 29.6 Å². The molecular formula is C28H41FO. The Balaban J connectivity index is 1.34. The predicted molar refractivity (Wildman–Crippen MR) is 123 cm³/mol. The Morgan fingerprint density at radius 3 is 2.57 bits per heavy atom. The smallest absolute Gasteiger partial charge is 0.130 e. The summed E-state index contributed by atoms with van der Waals surface area (Å²) in [5.41, 5.74) is 2.17. The monoisotopic (exact) mass is 412 g/mol. The molecule has 1 aromatic rings. The lowest BCUT2D eigenvalue weighted by atomic mass is 9.61. The summed E-state index contributed by atoms with van der Waals surface area (Å²) in [6.45, 7) is 4.81. The summed E-state index contributed by atoms with van der Waals surface area (Å²) in [4.78, 5) is 0. The van der Waals surface area contributed by atoms with Crippen LogP contribution in [0.1, 0.15) is 89.2 Å². The van der Waals surface area contributed by atoms with Crippen LogP contribution in [0.15, 0.2) is 24.3 Å². The van der Waals surface area contributed by atoms with Gasteiger partial charge >= 0.3 is 0 Å². The van der Waals surface area contributed by atoms with Crippen molar-refractivity contribution in [3.8, 4) is 5.75 Å². The Morgan fingerprint density at radius 1 is 1.00 bits per heavy atom. The van der Waals surface area contributed by atoms with Gasteiger partial charge in [0.2, 0.25) is 0 Å². The number of fused-ring (bicyclic) bond motifs is 2. The van der Waals surface area contributed by atoms with E-state index in [2.05, 4.69) is 13.0 Å². The van der Waals surface area contributed by atoms with Crippen LogP contribution in [0, 0.1) is 35.4 Å². The Kier molecular flexibility index (Phi) is 7.55. The van der Waals surface area contributed by atoms with Gasteiger partial charge in [-0.1, -0.05) is 44.8 Å². The molecule has 1 aromatic carbocycles. The van der Waals surface area contributed by atoms with Crippen molar-refractivity contribution >= 4 is 0 Å². The molecule has 0 heterocycles. The molecule has 0 bridgehead atoms. The molecule has 0 radical (unpaired) electrons. The summed E-state index contributed by atoms with van der Waals surface area (Å²) in [5.74, 6) is 5.08. The number of allylic oxidation sites excluding steroid dienone is 1. The van der Waals surface area contributed by atoms with Gasteiger partial charge in [-0.2, -0.15) is 0 Å². The van der Waals surface area contributed by atoms with Crippen LogP contribution < -0.4 is 4.74 Å². The van der Waals surface area contributed by atoms with Crippen molar-refractivity contribution in [1.29, 1.82) is 0 Å². The first-order valence-electron chi connectivity index (χ1n) is 12.7. The van der Waals surface area contributed by atoms with Gasteiger partial charge in [0.25, 0.3) is 0 Å². The highest BCUT2D eigenvalue weighted by Gasteiger charge is 2.38. The molecule has 0 spiro atoms. The lowest BCUT2D eigenvalue weighted by Gasteiger charge is -2.45. The van der Waals surface area contributed by atoms with Crippen LogP contribution in [0.2, 0.25) is 0 Å². The van der Waals surface area contributed by atoms with Crippen molar-refractivity contribution in [2.75, 3.05) is 6.61 Å². The number of ether oxygens (including phenoxy) is 1. The minimum Gasteiger partial charge on any atom is -0.489 e. The van der Waals surface area contributed by atoms with Crippen LogP contribution in [0.4, 0.5) is 4.39 Å². The van der Waals surface area contributed by atoms with E-state index in [4.69, 9.17) is 4.74 Å². The van der Waals surface area contributed by atoms with Gasteiger partial charge in [-0.3, -0.25) is 0 Å². The maximum Gasteiger partial charge on any atom is 0.130 e. The Labute approximate surface area is 183 Å². The summed E-state index contributed by atoms with van der Waals surface area (Å²) in [6.07, 6.45) is 20.0. The number of hydrogen-bond acceptors (Lipinski definition) is 1. The van der Waals surface area contributed by atoms with Gasteiger partial charge in [-0.05, 0) is 105 Å².